The van der Waals surface area contributed by atoms with Crippen LogP contribution < -0.4 is 0 Å². The Morgan fingerprint density at radius 3 is 1.61 bits per heavy atom. The van der Waals surface area contributed by atoms with Gasteiger partial charge in [-0.05, 0) is 197 Å². The van der Waals surface area contributed by atoms with Crippen molar-refractivity contribution in [2.24, 2.45) is 23.7 Å². The molecule has 5 aromatic carbocycles. The number of aromatic nitrogens is 2. The van der Waals surface area contributed by atoms with Gasteiger partial charge in [-0.25, -0.2) is 0 Å². The van der Waals surface area contributed by atoms with E-state index in [1.165, 1.54) is 142 Å². The van der Waals surface area contributed by atoms with Gasteiger partial charge in [-0.15, -0.1) is 0 Å². The van der Waals surface area contributed by atoms with Gasteiger partial charge < -0.3 is 4.40 Å². The maximum Gasteiger partial charge on any atom is 0.0728 e. The molecule has 4 unspecified atom stereocenters. The third-order valence-corrected chi connectivity index (χ3v) is 17.1. The summed E-state index contributed by atoms with van der Waals surface area (Å²) in [5.41, 5.74) is 20.1. The highest BCUT2D eigenvalue weighted by atomic mass is 14.9. The van der Waals surface area contributed by atoms with E-state index in [-0.39, 0.29) is 5.41 Å². The van der Waals surface area contributed by atoms with E-state index in [2.05, 4.69) is 128 Å². The molecule has 3 heterocycles. The minimum Gasteiger partial charge on any atom is -0.306 e. The summed E-state index contributed by atoms with van der Waals surface area (Å²) < 4.78 is 2.72. The van der Waals surface area contributed by atoms with E-state index < -0.39 is 0 Å². The Balaban J connectivity index is 1.16. The van der Waals surface area contributed by atoms with Gasteiger partial charge in [0.15, 0.2) is 0 Å². The summed E-state index contributed by atoms with van der Waals surface area (Å²) in [5, 5.41) is 6.04. The molecule has 16 rings (SSSR count). The van der Waals surface area contributed by atoms with Crippen molar-refractivity contribution in [2.45, 2.75) is 114 Å². The predicted octanol–water partition coefficient (Wildman–Crippen LogP) is 15.3. The van der Waals surface area contributed by atoms with Crippen molar-refractivity contribution in [1.29, 1.82) is 0 Å². The predicted molar refractivity (Wildman–Crippen MR) is 245 cm³/mol. The lowest BCUT2D eigenvalue weighted by molar-refractivity contribution is 0.165. The molecule has 0 aliphatic heterocycles. The zero-order chi connectivity index (χ0) is 38.9. The minimum absolute atomic E-state index is 0.00478. The van der Waals surface area contributed by atoms with E-state index in [4.69, 9.17) is 4.98 Å². The molecule has 0 radical (unpaired) electrons. The summed E-state index contributed by atoms with van der Waals surface area (Å²) in [6, 6.07) is 38.1. The van der Waals surface area contributed by atoms with Gasteiger partial charge in [-0.1, -0.05) is 87.5 Å². The summed E-state index contributed by atoms with van der Waals surface area (Å²) >= 11 is 0. The molecule has 0 N–H and O–H groups in total. The van der Waals surface area contributed by atoms with Gasteiger partial charge in [0, 0.05) is 33.2 Å². The molecule has 59 heavy (non-hydrogen) atoms. The summed E-state index contributed by atoms with van der Waals surface area (Å²) in [6.45, 7) is 7.11. The SMILES string of the molecule is CC(C)(C)c1cc(-c2ccccc2)c(-c2cc3c4c5c(ccc4n4c6cnc7c(c6c(c2)c34)C2CC3CC(CC7C3)C2)C2CC3CC(C2)CC5C3)c(-c2ccccc2)c1. The number of hydrogen-bond donors (Lipinski definition) is 0. The quantitative estimate of drug-likeness (QED) is 0.175. The molecule has 0 saturated heterocycles. The van der Waals surface area contributed by atoms with Gasteiger partial charge in [-0.2, -0.15) is 0 Å². The van der Waals surface area contributed by atoms with Crippen LogP contribution in [0.2, 0.25) is 0 Å². The van der Waals surface area contributed by atoms with Gasteiger partial charge in [0.25, 0.3) is 0 Å². The van der Waals surface area contributed by atoms with Crippen molar-refractivity contribution in [1.82, 2.24) is 9.38 Å². The average molecular weight is 767 g/mol. The van der Waals surface area contributed by atoms with E-state index in [1.54, 1.807) is 22.1 Å². The first-order chi connectivity index (χ1) is 28.8. The highest BCUT2D eigenvalue weighted by molar-refractivity contribution is 6.26. The smallest absolute Gasteiger partial charge is 0.0728 e. The molecule has 292 valence electrons. The Labute approximate surface area is 348 Å². The third kappa shape index (κ3) is 4.73. The molecule has 8 aliphatic carbocycles. The molecule has 2 nitrogen and oxygen atoms in total. The van der Waals surface area contributed by atoms with Gasteiger partial charge in [0.2, 0.25) is 0 Å². The van der Waals surface area contributed by atoms with Crippen LogP contribution in [0.3, 0.4) is 0 Å². The molecule has 3 aromatic heterocycles. The van der Waals surface area contributed by atoms with Crippen molar-refractivity contribution < 1.29 is 0 Å². The Morgan fingerprint density at radius 2 is 1.03 bits per heavy atom. The van der Waals surface area contributed by atoms with Crippen molar-refractivity contribution >= 4 is 38.1 Å². The van der Waals surface area contributed by atoms with Crippen LogP contribution in [0.4, 0.5) is 0 Å². The van der Waals surface area contributed by atoms with Crippen LogP contribution in [-0.2, 0) is 5.41 Å². The Kier molecular flexibility index (Phi) is 6.81. The van der Waals surface area contributed by atoms with E-state index in [1.807, 2.05) is 0 Å². The van der Waals surface area contributed by atoms with Crippen molar-refractivity contribution in [2.75, 3.05) is 0 Å². The molecule has 8 bridgehead atoms. The Bertz CT molecular complexity index is 2820. The maximum absolute atomic E-state index is 5.58. The number of fused-ring (bicyclic) bond motifs is 6. The second-order valence-corrected chi connectivity index (χ2v) is 21.6. The standard InChI is InChI=1S/C57H54N2/c1-57(2,3)42-28-44(35-10-6-4-7-11-35)50(45(29-42)36-12-8-5-9-13-36)40-26-46-53-48(15-14-43-37-18-31-16-32(19-37)21-38(20-31)51(43)53)59-49-30-58-55-41-24-33-17-34(25-41)23-39(22-33)52(55)54(49)47(27-40)56(46)59/h4-15,26-34,37-39,41H,16-25H2,1-3H3. The van der Waals surface area contributed by atoms with Crippen LogP contribution in [0.5, 0.6) is 0 Å². The van der Waals surface area contributed by atoms with Crippen LogP contribution in [0.15, 0.2) is 103 Å². The fourth-order valence-electron chi connectivity index (χ4n) is 15.1. The molecule has 2 heteroatoms. The lowest BCUT2D eigenvalue weighted by Gasteiger charge is -2.38. The molecule has 8 aliphatic rings. The largest absolute Gasteiger partial charge is 0.306 e. The number of pyridine rings is 1. The first-order valence-electron chi connectivity index (χ1n) is 23.3. The minimum atomic E-state index is -0.00478. The summed E-state index contributed by atoms with van der Waals surface area (Å²) in [4.78, 5) is 5.58. The Hall–Kier alpha value is -4.95. The van der Waals surface area contributed by atoms with E-state index >= 15 is 0 Å². The lowest BCUT2D eigenvalue weighted by atomic mass is 9.67. The molecule has 0 spiro atoms. The summed E-state index contributed by atoms with van der Waals surface area (Å²) in [5.74, 6) is 6.11. The van der Waals surface area contributed by atoms with Crippen LogP contribution in [0.1, 0.15) is 137 Å². The van der Waals surface area contributed by atoms with Crippen LogP contribution in [-0.4, -0.2) is 9.38 Å². The molecule has 4 atom stereocenters. The van der Waals surface area contributed by atoms with Crippen molar-refractivity contribution in [3.8, 4) is 33.4 Å². The zero-order valence-electron chi connectivity index (χ0n) is 34.9. The van der Waals surface area contributed by atoms with E-state index in [0.717, 1.165) is 23.7 Å². The van der Waals surface area contributed by atoms with Gasteiger partial charge in [0.1, 0.15) is 0 Å². The number of rotatable bonds is 3. The van der Waals surface area contributed by atoms with Crippen LogP contribution in [0.25, 0.3) is 71.5 Å². The molecule has 8 aromatic rings. The van der Waals surface area contributed by atoms with Gasteiger partial charge in [-0.3, -0.25) is 4.98 Å². The Morgan fingerprint density at radius 1 is 0.508 bits per heavy atom. The molecule has 4 saturated carbocycles. The normalized spacial score (nSPS) is 27.9. The van der Waals surface area contributed by atoms with Crippen LogP contribution >= 0.6 is 0 Å². The summed E-state index contributed by atoms with van der Waals surface area (Å²) in [6.07, 6.45) is 16.2. The second kappa shape index (κ2) is 11.9. The fourth-order valence-corrected chi connectivity index (χ4v) is 15.1. The van der Waals surface area contributed by atoms with Crippen molar-refractivity contribution in [3.63, 3.8) is 0 Å². The third-order valence-electron chi connectivity index (χ3n) is 17.1. The molecule has 0 amide bonds. The highest BCUT2D eigenvalue weighted by Crippen LogP contribution is 2.61. The average Bonchev–Trinajstić information content (AvgIpc) is 3.62. The molecular weight excluding hydrogens is 713 g/mol. The first-order valence-corrected chi connectivity index (χ1v) is 23.3. The number of nitrogens with zero attached hydrogens (tertiary/aromatic N) is 2. The number of hydrogen-bond acceptors (Lipinski definition) is 1. The fraction of sp³-hybridized carbons (Fsp3) is 0.386. The number of benzene rings is 5. The van der Waals surface area contributed by atoms with E-state index in [0.29, 0.717) is 23.7 Å². The molecule has 4 fully saturated rings. The zero-order valence-corrected chi connectivity index (χ0v) is 34.9. The maximum atomic E-state index is 5.58. The monoisotopic (exact) mass is 766 g/mol. The summed E-state index contributed by atoms with van der Waals surface area (Å²) in [7, 11) is 0. The first kappa shape index (κ1) is 33.8. The van der Waals surface area contributed by atoms with Crippen molar-refractivity contribution in [3.05, 3.63) is 131 Å². The van der Waals surface area contributed by atoms with Gasteiger partial charge >= 0.3 is 0 Å². The lowest BCUT2D eigenvalue weighted by Crippen LogP contribution is -2.25. The van der Waals surface area contributed by atoms with Crippen LogP contribution in [0, 0.1) is 23.7 Å². The molecular formula is C57H54N2. The topological polar surface area (TPSA) is 17.3 Å². The van der Waals surface area contributed by atoms with E-state index in [9.17, 15) is 0 Å². The van der Waals surface area contributed by atoms with Gasteiger partial charge in [0.05, 0.1) is 22.7 Å². The highest BCUT2D eigenvalue weighted by Gasteiger charge is 2.46. The second-order valence-electron chi connectivity index (χ2n) is 21.6.